The molecule has 13 heteroatoms. The Morgan fingerprint density at radius 1 is 1.04 bits per heavy atom. The van der Waals surface area contributed by atoms with E-state index in [0.717, 1.165) is 54.8 Å². The van der Waals surface area contributed by atoms with Crippen molar-refractivity contribution in [2.45, 2.75) is 71.0 Å². The summed E-state index contributed by atoms with van der Waals surface area (Å²) in [5.41, 5.74) is 0.931. The molecule has 0 fully saturated rings. The van der Waals surface area contributed by atoms with Crippen molar-refractivity contribution < 1.29 is 42.1 Å². The lowest BCUT2D eigenvalue weighted by Crippen LogP contribution is -2.47. The number of rotatable bonds is 9. The normalized spacial score (nSPS) is 19.8. The van der Waals surface area contributed by atoms with Gasteiger partial charge in [0, 0.05) is 43.5 Å². The van der Waals surface area contributed by atoms with Gasteiger partial charge >= 0.3 is 12.2 Å². The van der Waals surface area contributed by atoms with E-state index >= 15 is 0 Å². The topological polar surface area (TPSA) is 113 Å². The predicted octanol–water partition coefficient (Wildman–Crippen LogP) is 7.29. The lowest BCUT2D eigenvalue weighted by atomic mass is 10.0. The van der Waals surface area contributed by atoms with Crippen LogP contribution in [0.2, 0.25) is 0 Å². The fourth-order valence-corrected chi connectivity index (χ4v) is 5.91. The highest BCUT2D eigenvalue weighted by Gasteiger charge is 2.31. The van der Waals surface area contributed by atoms with Gasteiger partial charge in [-0.25, -0.2) is 4.79 Å². The summed E-state index contributed by atoms with van der Waals surface area (Å²) < 4.78 is 56.9. The van der Waals surface area contributed by atoms with Crippen molar-refractivity contribution in [2.24, 2.45) is 5.92 Å². The van der Waals surface area contributed by atoms with Crippen LogP contribution in [0.3, 0.4) is 0 Å². The van der Waals surface area contributed by atoms with Crippen molar-refractivity contribution in [1.82, 2.24) is 9.80 Å². The van der Waals surface area contributed by atoms with E-state index in [1.54, 1.807) is 31.1 Å². The number of methoxy groups -OCH3 is 1. The van der Waals surface area contributed by atoms with Crippen molar-refractivity contribution >= 4 is 23.3 Å². The summed E-state index contributed by atoms with van der Waals surface area (Å²) in [4.78, 5) is 31.0. The van der Waals surface area contributed by atoms with Gasteiger partial charge in [0.05, 0.1) is 43.1 Å². The van der Waals surface area contributed by atoms with Crippen LogP contribution in [0.25, 0.3) is 0 Å². The van der Waals surface area contributed by atoms with Gasteiger partial charge in [-0.3, -0.25) is 9.69 Å². The monoisotopic (exact) mass is 714 g/mol. The van der Waals surface area contributed by atoms with Crippen LogP contribution >= 0.6 is 0 Å². The van der Waals surface area contributed by atoms with E-state index < -0.39 is 23.8 Å². The number of likely N-dealkylation sites (N-methyl/N-ethyl adjacent to an activating group) is 1. The van der Waals surface area contributed by atoms with Gasteiger partial charge in [-0.05, 0) is 100 Å². The molecule has 1 aliphatic rings. The molecule has 0 saturated carbocycles. The van der Waals surface area contributed by atoms with Crippen LogP contribution < -0.4 is 20.1 Å². The molecular formula is C38H49F3N4O6. The number of carbonyl (C=O) groups excluding carboxylic acids is 2. The third-order valence-electron chi connectivity index (χ3n) is 8.88. The second kappa shape index (κ2) is 18.2. The van der Waals surface area contributed by atoms with Gasteiger partial charge in [-0.15, -0.1) is 0 Å². The highest BCUT2D eigenvalue weighted by molar-refractivity contribution is 6.02. The number of nitrogens with zero attached hydrogens (tertiary/aromatic N) is 2. The number of nitrogens with one attached hydrogen (secondary N) is 2. The van der Waals surface area contributed by atoms with Crippen molar-refractivity contribution in [3.05, 3.63) is 83.4 Å². The van der Waals surface area contributed by atoms with Crippen molar-refractivity contribution in [3.63, 3.8) is 0 Å². The number of amides is 3. The first kappa shape index (κ1) is 39.5. The third-order valence-corrected chi connectivity index (χ3v) is 8.88. The number of hydrogen-bond donors (Lipinski definition) is 3. The molecule has 3 N–H and O–H groups in total. The molecule has 3 aromatic carbocycles. The summed E-state index contributed by atoms with van der Waals surface area (Å²) in [6.45, 7) is 7.59. The fourth-order valence-electron chi connectivity index (χ4n) is 5.91. The van der Waals surface area contributed by atoms with E-state index in [-0.39, 0.29) is 54.1 Å². The molecule has 1 aliphatic heterocycles. The number of aliphatic hydroxyl groups excluding tert-OH is 1. The van der Waals surface area contributed by atoms with Crippen LogP contribution in [-0.2, 0) is 17.5 Å². The number of carbonyl (C=O) groups is 2. The number of alkyl halides is 3. The van der Waals surface area contributed by atoms with Gasteiger partial charge in [0.2, 0.25) is 0 Å². The second-order valence-electron chi connectivity index (χ2n) is 13.2. The highest BCUT2D eigenvalue weighted by atomic mass is 19.4. The Morgan fingerprint density at radius 2 is 1.71 bits per heavy atom. The fraction of sp³-hybridized carbons (Fsp3) is 0.474. The van der Waals surface area contributed by atoms with E-state index in [2.05, 4.69) is 15.5 Å². The summed E-state index contributed by atoms with van der Waals surface area (Å²) in [7, 11) is 3.66. The van der Waals surface area contributed by atoms with Gasteiger partial charge in [0.1, 0.15) is 11.5 Å². The molecule has 0 saturated heterocycles. The molecule has 0 radical (unpaired) electrons. The molecule has 278 valence electrons. The SMILES string of the molecule is COc1ccc(CN(C)C[C@@H]2OCCCC[C@@H](C)Oc3ccc(NC(=O)Nc4ccc(C(F)(F)F)cc4)cc3C(=O)N([C@@H](C)CO)C[C@H]2C)cc1. The molecule has 0 unspecified atom stereocenters. The van der Waals surface area contributed by atoms with Gasteiger partial charge in [-0.2, -0.15) is 13.2 Å². The van der Waals surface area contributed by atoms with Crippen LogP contribution in [0.15, 0.2) is 66.7 Å². The summed E-state index contributed by atoms with van der Waals surface area (Å²) in [5, 5.41) is 15.4. The largest absolute Gasteiger partial charge is 0.497 e. The number of urea groups is 1. The highest BCUT2D eigenvalue weighted by Crippen LogP contribution is 2.31. The average molecular weight is 715 g/mol. The summed E-state index contributed by atoms with van der Waals surface area (Å²) in [6.07, 6.45) is -2.53. The van der Waals surface area contributed by atoms with E-state index in [0.29, 0.717) is 25.4 Å². The average Bonchev–Trinajstić information content (AvgIpc) is 3.09. The number of hydrogen-bond acceptors (Lipinski definition) is 7. The smallest absolute Gasteiger partial charge is 0.416 e. The van der Waals surface area contributed by atoms with Crippen molar-refractivity contribution in [3.8, 4) is 11.5 Å². The molecule has 4 atom stereocenters. The molecule has 0 bridgehead atoms. The number of halogens is 3. The molecular weight excluding hydrogens is 665 g/mol. The maximum atomic E-state index is 14.4. The first-order chi connectivity index (χ1) is 24.3. The zero-order valence-electron chi connectivity index (χ0n) is 29.8. The van der Waals surface area contributed by atoms with Crippen LogP contribution in [-0.4, -0.2) is 85.6 Å². The first-order valence-corrected chi connectivity index (χ1v) is 17.2. The number of anilines is 2. The van der Waals surface area contributed by atoms with Crippen LogP contribution in [0, 0.1) is 5.92 Å². The van der Waals surface area contributed by atoms with Crippen LogP contribution in [0.1, 0.15) is 61.5 Å². The second-order valence-corrected chi connectivity index (χ2v) is 13.2. The Kier molecular flexibility index (Phi) is 14.1. The van der Waals surface area contributed by atoms with Gasteiger partial charge < -0.3 is 34.9 Å². The summed E-state index contributed by atoms with van der Waals surface area (Å²) in [6, 6.07) is 15.5. The molecule has 1 heterocycles. The van der Waals surface area contributed by atoms with Gasteiger partial charge in [0.25, 0.3) is 5.91 Å². The van der Waals surface area contributed by atoms with Crippen LogP contribution in [0.4, 0.5) is 29.3 Å². The molecule has 4 rings (SSSR count). The Balaban J connectivity index is 1.56. The molecule has 10 nitrogen and oxygen atoms in total. The maximum absolute atomic E-state index is 14.4. The molecule has 51 heavy (non-hydrogen) atoms. The first-order valence-electron chi connectivity index (χ1n) is 17.2. The van der Waals surface area contributed by atoms with Gasteiger partial charge in [0.15, 0.2) is 0 Å². The lowest BCUT2D eigenvalue weighted by Gasteiger charge is -2.36. The van der Waals surface area contributed by atoms with Crippen molar-refractivity contribution in [1.29, 1.82) is 0 Å². The van der Waals surface area contributed by atoms with E-state index in [4.69, 9.17) is 14.2 Å². The van der Waals surface area contributed by atoms with E-state index in [1.807, 2.05) is 45.2 Å². The zero-order chi connectivity index (χ0) is 37.1. The molecule has 0 aliphatic carbocycles. The Morgan fingerprint density at radius 3 is 2.35 bits per heavy atom. The van der Waals surface area contributed by atoms with Crippen LogP contribution in [0.5, 0.6) is 11.5 Å². The zero-order valence-corrected chi connectivity index (χ0v) is 29.8. The maximum Gasteiger partial charge on any atom is 0.416 e. The lowest BCUT2D eigenvalue weighted by molar-refractivity contribution is -0.137. The number of benzene rings is 3. The molecule has 0 aromatic heterocycles. The predicted molar refractivity (Wildman–Crippen MR) is 190 cm³/mol. The summed E-state index contributed by atoms with van der Waals surface area (Å²) in [5.74, 6) is 0.619. The molecule has 0 spiro atoms. The minimum absolute atomic E-state index is 0.122. The Bertz CT molecular complexity index is 1570. The number of aliphatic hydroxyl groups is 1. The number of ether oxygens (including phenoxy) is 3. The third kappa shape index (κ3) is 11.6. The Hall–Kier alpha value is -4.33. The van der Waals surface area contributed by atoms with Gasteiger partial charge in [-0.1, -0.05) is 19.1 Å². The van der Waals surface area contributed by atoms with E-state index in [9.17, 15) is 27.9 Å². The molecule has 3 aromatic rings. The minimum atomic E-state index is -4.50. The summed E-state index contributed by atoms with van der Waals surface area (Å²) >= 11 is 0. The Labute approximate surface area is 297 Å². The van der Waals surface area contributed by atoms with Crippen molar-refractivity contribution in [2.75, 3.05) is 51.1 Å². The standard InChI is InChI=1S/C38H49F3N4O6/c1-25-21-45(26(2)24-46)36(47)33-20-31(43-37(48)42-30-13-11-29(12-14-30)38(39,40)41)15-18-34(33)51-27(3)8-6-7-19-50-35(25)23-44(4)22-28-9-16-32(49-5)17-10-28/h9-18,20,25-27,35,46H,6-8,19,21-24H2,1-5H3,(H2,42,43,48)/t25-,26+,27-,35+/m1/s1. The number of fused-ring (bicyclic) bond motifs is 1. The molecule has 3 amide bonds. The quantitative estimate of drug-likeness (QED) is 0.214. The van der Waals surface area contributed by atoms with E-state index in [1.165, 1.54) is 6.07 Å². The minimum Gasteiger partial charge on any atom is -0.497 e.